The highest BCUT2D eigenvalue weighted by atomic mass is 32.2. The number of thiophene rings is 1. The summed E-state index contributed by atoms with van der Waals surface area (Å²) < 4.78 is 0.454. The standard InChI is InChI=1S/C19H22N2O2S3/c1-3-15-12(2)11-16(26-15)18(23)21-20-17(22)13-5-7-14(8-6-13)19-24-9-4-10-25-19/h5-8,11,19H,3-4,9-10H2,1-2H3,(H,20,22)(H,21,23). The van der Waals surface area contributed by atoms with Crippen molar-refractivity contribution in [3.63, 3.8) is 0 Å². The van der Waals surface area contributed by atoms with Crippen molar-refractivity contribution in [2.24, 2.45) is 0 Å². The lowest BCUT2D eigenvalue weighted by atomic mass is 10.1. The monoisotopic (exact) mass is 406 g/mol. The molecule has 2 N–H and O–H groups in total. The minimum atomic E-state index is -0.308. The molecular formula is C19H22N2O2S3. The molecule has 2 aromatic rings. The van der Waals surface area contributed by atoms with E-state index in [2.05, 4.69) is 17.8 Å². The van der Waals surface area contributed by atoms with Gasteiger partial charge in [0, 0.05) is 10.4 Å². The molecule has 1 fully saturated rings. The number of benzene rings is 1. The normalized spacial score (nSPS) is 14.8. The number of thioether (sulfide) groups is 2. The average molecular weight is 407 g/mol. The molecule has 2 heterocycles. The largest absolute Gasteiger partial charge is 0.279 e. The summed E-state index contributed by atoms with van der Waals surface area (Å²) in [6.07, 6.45) is 2.16. The Morgan fingerprint density at radius 1 is 1.08 bits per heavy atom. The Balaban J connectivity index is 1.56. The minimum Gasteiger partial charge on any atom is -0.267 e. The number of hydrazine groups is 1. The van der Waals surface area contributed by atoms with Gasteiger partial charge in [-0.2, -0.15) is 0 Å². The second-order valence-electron chi connectivity index (χ2n) is 6.03. The lowest BCUT2D eigenvalue weighted by Gasteiger charge is -2.21. The van der Waals surface area contributed by atoms with Crippen LogP contribution in [0.15, 0.2) is 30.3 Å². The minimum absolute atomic E-state index is 0.280. The third kappa shape index (κ3) is 4.64. The van der Waals surface area contributed by atoms with Crippen molar-refractivity contribution >= 4 is 46.7 Å². The highest BCUT2D eigenvalue weighted by molar-refractivity contribution is 8.16. The van der Waals surface area contributed by atoms with Crippen molar-refractivity contribution in [3.8, 4) is 0 Å². The third-order valence-corrected chi connectivity index (χ3v) is 8.52. The third-order valence-electron chi connectivity index (χ3n) is 4.13. The average Bonchev–Trinajstić information content (AvgIpc) is 3.07. The first-order valence-corrected chi connectivity index (χ1v) is 11.5. The molecule has 3 rings (SSSR count). The summed E-state index contributed by atoms with van der Waals surface area (Å²) in [5, 5.41) is 0. The van der Waals surface area contributed by atoms with Crippen molar-refractivity contribution < 1.29 is 9.59 Å². The van der Waals surface area contributed by atoms with E-state index in [1.165, 1.54) is 39.7 Å². The first kappa shape index (κ1) is 19.3. The zero-order valence-corrected chi connectivity index (χ0v) is 17.3. The molecule has 0 atom stereocenters. The van der Waals surface area contributed by atoms with Crippen LogP contribution >= 0.6 is 34.9 Å². The lowest BCUT2D eigenvalue weighted by Crippen LogP contribution is -2.41. The van der Waals surface area contributed by atoms with Gasteiger partial charge in [-0.15, -0.1) is 34.9 Å². The van der Waals surface area contributed by atoms with Crippen molar-refractivity contribution in [2.75, 3.05) is 11.5 Å². The number of rotatable bonds is 4. The molecule has 2 amide bonds. The van der Waals surface area contributed by atoms with E-state index in [4.69, 9.17) is 0 Å². The van der Waals surface area contributed by atoms with Crippen LogP contribution in [0.4, 0.5) is 0 Å². The second kappa shape index (κ2) is 8.97. The molecule has 4 nitrogen and oxygen atoms in total. The van der Waals surface area contributed by atoms with Crippen LogP contribution in [0.2, 0.25) is 0 Å². The fraction of sp³-hybridized carbons (Fsp3) is 0.368. The molecule has 1 aliphatic rings. The van der Waals surface area contributed by atoms with E-state index in [0.29, 0.717) is 15.0 Å². The maximum Gasteiger partial charge on any atom is 0.279 e. The number of hydrogen-bond acceptors (Lipinski definition) is 5. The van der Waals surface area contributed by atoms with Gasteiger partial charge in [0.05, 0.1) is 9.46 Å². The highest BCUT2D eigenvalue weighted by Gasteiger charge is 2.17. The van der Waals surface area contributed by atoms with Gasteiger partial charge in [-0.1, -0.05) is 19.1 Å². The molecule has 7 heteroatoms. The summed E-state index contributed by atoms with van der Waals surface area (Å²) in [7, 11) is 0. The molecule has 1 aliphatic heterocycles. The van der Waals surface area contributed by atoms with E-state index >= 15 is 0 Å². The summed E-state index contributed by atoms with van der Waals surface area (Å²) in [6.45, 7) is 4.06. The van der Waals surface area contributed by atoms with Crippen LogP contribution in [0.5, 0.6) is 0 Å². The summed E-state index contributed by atoms with van der Waals surface area (Å²) >= 11 is 5.37. The lowest BCUT2D eigenvalue weighted by molar-refractivity contribution is 0.0849. The van der Waals surface area contributed by atoms with Gasteiger partial charge in [0.25, 0.3) is 11.8 Å². The molecule has 0 spiro atoms. The van der Waals surface area contributed by atoms with Crippen molar-refractivity contribution in [2.45, 2.75) is 31.3 Å². The van der Waals surface area contributed by atoms with Crippen LogP contribution in [-0.2, 0) is 6.42 Å². The summed E-state index contributed by atoms with van der Waals surface area (Å²) in [6, 6.07) is 9.50. The predicted octanol–water partition coefficient (Wildman–Crippen LogP) is 4.56. The Bertz CT molecular complexity index is 781. The topological polar surface area (TPSA) is 58.2 Å². The van der Waals surface area contributed by atoms with E-state index in [1.54, 1.807) is 0 Å². The summed E-state index contributed by atoms with van der Waals surface area (Å²) in [5.74, 6) is 1.79. The fourth-order valence-electron chi connectivity index (χ4n) is 2.70. The summed E-state index contributed by atoms with van der Waals surface area (Å²) in [5.41, 5.74) is 7.89. The van der Waals surface area contributed by atoms with Crippen molar-refractivity contribution in [1.82, 2.24) is 10.9 Å². The SMILES string of the molecule is CCc1sc(C(=O)NNC(=O)c2ccc(C3SCCCS3)cc2)cc1C. The van der Waals surface area contributed by atoms with Crippen LogP contribution in [0.3, 0.4) is 0 Å². The van der Waals surface area contributed by atoms with Gasteiger partial charge in [-0.05, 0) is 60.6 Å². The molecule has 0 saturated carbocycles. The van der Waals surface area contributed by atoms with Crippen LogP contribution in [0, 0.1) is 6.92 Å². The van der Waals surface area contributed by atoms with Crippen molar-refractivity contribution in [1.29, 1.82) is 0 Å². The molecule has 0 aliphatic carbocycles. The number of nitrogens with one attached hydrogen (secondary N) is 2. The van der Waals surface area contributed by atoms with Gasteiger partial charge < -0.3 is 0 Å². The van der Waals surface area contributed by atoms with Crippen LogP contribution in [-0.4, -0.2) is 23.3 Å². The van der Waals surface area contributed by atoms with Gasteiger partial charge in [0.15, 0.2) is 0 Å². The molecule has 26 heavy (non-hydrogen) atoms. The Labute approximate surface area is 166 Å². The number of amides is 2. The van der Waals surface area contributed by atoms with Crippen LogP contribution < -0.4 is 10.9 Å². The predicted molar refractivity (Wildman–Crippen MR) is 112 cm³/mol. The van der Waals surface area contributed by atoms with Gasteiger partial charge in [-0.25, -0.2) is 0 Å². The zero-order valence-electron chi connectivity index (χ0n) is 14.8. The Hall–Kier alpha value is -1.44. The number of carbonyl (C=O) groups excluding carboxylic acids is 2. The maximum absolute atomic E-state index is 12.3. The Kier molecular flexibility index (Phi) is 6.67. The molecular weight excluding hydrogens is 384 g/mol. The fourth-order valence-corrected chi connectivity index (χ4v) is 6.61. The van der Waals surface area contributed by atoms with Gasteiger partial charge in [0.1, 0.15) is 0 Å². The maximum atomic E-state index is 12.3. The van der Waals surface area contributed by atoms with Gasteiger partial charge >= 0.3 is 0 Å². The Morgan fingerprint density at radius 2 is 1.73 bits per heavy atom. The summed E-state index contributed by atoms with van der Waals surface area (Å²) in [4.78, 5) is 26.3. The van der Waals surface area contributed by atoms with Gasteiger partial charge in [0.2, 0.25) is 0 Å². The number of aryl methyl sites for hydroxylation is 2. The van der Waals surface area contributed by atoms with E-state index in [9.17, 15) is 9.59 Å². The first-order chi connectivity index (χ1) is 12.6. The van der Waals surface area contributed by atoms with Crippen molar-refractivity contribution in [3.05, 3.63) is 56.8 Å². The molecule has 0 radical (unpaired) electrons. The van der Waals surface area contributed by atoms with Crippen LogP contribution in [0.1, 0.15) is 54.0 Å². The van der Waals surface area contributed by atoms with E-state index in [1.807, 2.05) is 60.8 Å². The van der Waals surface area contributed by atoms with E-state index < -0.39 is 0 Å². The van der Waals surface area contributed by atoms with E-state index in [-0.39, 0.29) is 11.8 Å². The quantitative estimate of drug-likeness (QED) is 0.731. The highest BCUT2D eigenvalue weighted by Crippen LogP contribution is 2.43. The molecule has 138 valence electrons. The van der Waals surface area contributed by atoms with Gasteiger partial charge in [-0.3, -0.25) is 20.4 Å². The second-order valence-corrected chi connectivity index (χ2v) is 9.89. The number of carbonyl (C=O) groups is 2. The molecule has 1 aromatic heterocycles. The van der Waals surface area contributed by atoms with E-state index in [0.717, 1.165) is 12.0 Å². The zero-order chi connectivity index (χ0) is 18.5. The first-order valence-electron chi connectivity index (χ1n) is 8.61. The molecule has 0 unspecified atom stereocenters. The smallest absolute Gasteiger partial charge is 0.267 e. The number of hydrogen-bond donors (Lipinski definition) is 2. The molecule has 1 aromatic carbocycles. The van der Waals surface area contributed by atoms with Crippen LogP contribution in [0.25, 0.3) is 0 Å². The Morgan fingerprint density at radius 3 is 2.35 bits per heavy atom. The molecule has 0 bridgehead atoms. The molecule has 1 saturated heterocycles.